The van der Waals surface area contributed by atoms with Crippen LogP contribution in [-0.2, 0) is 9.47 Å². The summed E-state index contributed by atoms with van der Waals surface area (Å²) in [7, 11) is 1.44. The number of hydrogen-bond donors (Lipinski definition) is 1. The minimum Gasteiger partial charge on any atom is -0.382 e. The van der Waals surface area contributed by atoms with Gasteiger partial charge in [0.2, 0.25) is 0 Å². The highest BCUT2D eigenvalue weighted by Crippen LogP contribution is 2.27. The fraction of sp³-hybridized carbons (Fsp3) is 1.00. The van der Waals surface area contributed by atoms with Crippen molar-refractivity contribution in [1.82, 2.24) is 0 Å². The van der Waals surface area contributed by atoms with Crippen molar-refractivity contribution in [2.45, 2.75) is 18.6 Å². The minimum atomic E-state index is -4.44. The molecule has 0 aliphatic rings. The lowest BCUT2D eigenvalue weighted by Gasteiger charge is -2.26. The Hall–Kier alpha value is -0.330. The van der Waals surface area contributed by atoms with E-state index in [-0.39, 0.29) is 13.2 Å². The molecular formula is C7H14F3NO2. The molecule has 13 heavy (non-hydrogen) atoms. The van der Waals surface area contributed by atoms with Crippen molar-refractivity contribution in [1.29, 1.82) is 0 Å². The molecule has 0 fully saturated rings. The molecule has 0 aliphatic heterocycles. The van der Waals surface area contributed by atoms with Gasteiger partial charge >= 0.3 is 6.18 Å². The first-order chi connectivity index (χ1) is 5.81. The van der Waals surface area contributed by atoms with Crippen LogP contribution in [0, 0.1) is 0 Å². The van der Waals surface area contributed by atoms with Gasteiger partial charge in [-0.25, -0.2) is 0 Å². The van der Waals surface area contributed by atoms with Crippen LogP contribution < -0.4 is 5.73 Å². The molecule has 3 nitrogen and oxygen atoms in total. The van der Waals surface area contributed by atoms with E-state index in [1.807, 2.05) is 0 Å². The van der Waals surface area contributed by atoms with Gasteiger partial charge in [-0.15, -0.1) is 0 Å². The molecule has 0 spiro atoms. The zero-order valence-corrected chi connectivity index (χ0v) is 7.65. The summed E-state index contributed by atoms with van der Waals surface area (Å²) in [5, 5.41) is 0. The van der Waals surface area contributed by atoms with Gasteiger partial charge in [0.1, 0.15) is 5.54 Å². The zero-order valence-electron chi connectivity index (χ0n) is 7.65. The molecular weight excluding hydrogens is 187 g/mol. The molecule has 2 N–H and O–H groups in total. The number of alkyl halides is 3. The lowest BCUT2D eigenvalue weighted by atomic mass is 10.1. The van der Waals surface area contributed by atoms with Gasteiger partial charge < -0.3 is 15.2 Å². The minimum absolute atomic E-state index is 0.110. The van der Waals surface area contributed by atoms with Crippen LogP contribution in [0.2, 0.25) is 0 Å². The summed E-state index contributed by atoms with van der Waals surface area (Å²) in [5.74, 6) is 0. The Labute approximate surface area is 75.0 Å². The van der Waals surface area contributed by atoms with Crippen molar-refractivity contribution in [2.75, 3.05) is 26.9 Å². The molecule has 1 unspecified atom stereocenters. The largest absolute Gasteiger partial charge is 0.408 e. The number of hydrogen-bond acceptors (Lipinski definition) is 3. The van der Waals surface area contributed by atoms with Crippen LogP contribution in [0.3, 0.4) is 0 Å². The zero-order chi connectivity index (χ0) is 10.5. The van der Waals surface area contributed by atoms with Crippen molar-refractivity contribution in [2.24, 2.45) is 5.73 Å². The maximum Gasteiger partial charge on any atom is 0.408 e. The highest BCUT2D eigenvalue weighted by molar-refractivity contribution is 4.86. The van der Waals surface area contributed by atoms with Gasteiger partial charge in [0.15, 0.2) is 0 Å². The average molecular weight is 201 g/mol. The van der Waals surface area contributed by atoms with E-state index in [2.05, 4.69) is 4.74 Å². The molecule has 0 saturated heterocycles. The van der Waals surface area contributed by atoms with Crippen molar-refractivity contribution in [3.8, 4) is 0 Å². The Balaban J connectivity index is 3.77. The van der Waals surface area contributed by atoms with Gasteiger partial charge in [-0.2, -0.15) is 13.2 Å². The van der Waals surface area contributed by atoms with Crippen LogP contribution in [-0.4, -0.2) is 38.6 Å². The number of nitrogens with two attached hydrogens (primary N) is 1. The van der Waals surface area contributed by atoms with Crippen molar-refractivity contribution < 1.29 is 22.6 Å². The molecule has 0 radical (unpaired) electrons. The van der Waals surface area contributed by atoms with Gasteiger partial charge in [0.25, 0.3) is 0 Å². The van der Waals surface area contributed by atoms with Crippen LogP contribution in [0.1, 0.15) is 6.92 Å². The molecule has 0 amide bonds. The third-order valence-electron chi connectivity index (χ3n) is 1.48. The smallest absolute Gasteiger partial charge is 0.382 e. The molecule has 0 aromatic carbocycles. The second-order valence-electron chi connectivity index (χ2n) is 2.96. The maximum absolute atomic E-state index is 12.1. The summed E-state index contributed by atoms with van der Waals surface area (Å²) in [6.45, 7) is 0.701. The SMILES string of the molecule is COCCOCC(C)(N)C(F)(F)F. The highest BCUT2D eigenvalue weighted by Gasteiger charge is 2.48. The van der Waals surface area contributed by atoms with E-state index in [4.69, 9.17) is 10.5 Å². The molecule has 6 heteroatoms. The Morgan fingerprint density at radius 1 is 1.23 bits per heavy atom. The van der Waals surface area contributed by atoms with E-state index < -0.39 is 18.3 Å². The predicted molar refractivity (Wildman–Crippen MR) is 41.3 cm³/mol. The summed E-state index contributed by atoms with van der Waals surface area (Å²) in [5.41, 5.74) is 2.69. The first-order valence-corrected chi connectivity index (χ1v) is 3.73. The normalized spacial score (nSPS) is 17.1. The molecule has 80 valence electrons. The van der Waals surface area contributed by atoms with Crippen molar-refractivity contribution >= 4 is 0 Å². The molecule has 0 aliphatic carbocycles. The summed E-state index contributed by atoms with van der Waals surface area (Å²) < 4.78 is 45.6. The third-order valence-corrected chi connectivity index (χ3v) is 1.48. The molecule has 0 heterocycles. The second-order valence-corrected chi connectivity index (χ2v) is 2.96. The first-order valence-electron chi connectivity index (χ1n) is 3.73. The van der Waals surface area contributed by atoms with E-state index in [1.165, 1.54) is 7.11 Å². The number of methoxy groups -OCH3 is 1. The van der Waals surface area contributed by atoms with Crippen LogP contribution in [0.25, 0.3) is 0 Å². The lowest BCUT2D eigenvalue weighted by Crippen LogP contribution is -2.54. The summed E-state index contributed by atoms with van der Waals surface area (Å²) >= 11 is 0. The van der Waals surface area contributed by atoms with Crippen LogP contribution in [0.15, 0.2) is 0 Å². The quantitative estimate of drug-likeness (QED) is 0.673. The fourth-order valence-electron chi connectivity index (χ4n) is 0.508. The predicted octanol–water partition coefficient (Wildman–Crippen LogP) is 0.929. The van der Waals surface area contributed by atoms with E-state index in [0.717, 1.165) is 6.92 Å². The van der Waals surface area contributed by atoms with E-state index in [0.29, 0.717) is 0 Å². The summed E-state index contributed by atoms with van der Waals surface area (Å²) in [6.07, 6.45) is -4.44. The summed E-state index contributed by atoms with van der Waals surface area (Å²) in [6, 6.07) is 0. The standard InChI is InChI=1S/C7H14F3NO2/c1-6(11,7(8,9)10)5-13-4-3-12-2/h3-5,11H2,1-2H3. The molecule has 0 aromatic heterocycles. The Kier molecular flexibility index (Phi) is 4.66. The van der Waals surface area contributed by atoms with Gasteiger partial charge in [-0.05, 0) is 6.92 Å². The number of ether oxygens (including phenoxy) is 2. The Bertz CT molecular complexity index is 147. The van der Waals surface area contributed by atoms with E-state index in [9.17, 15) is 13.2 Å². The lowest BCUT2D eigenvalue weighted by molar-refractivity contribution is -0.195. The molecule has 0 aromatic rings. The maximum atomic E-state index is 12.1. The third kappa shape index (κ3) is 4.44. The monoisotopic (exact) mass is 201 g/mol. The van der Waals surface area contributed by atoms with Crippen LogP contribution in [0.5, 0.6) is 0 Å². The van der Waals surface area contributed by atoms with Gasteiger partial charge in [-0.1, -0.05) is 0 Å². The van der Waals surface area contributed by atoms with Crippen LogP contribution in [0.4, 0.5) is 13.2 Å². The van der Waals surface area contributed by atoms with E-state index in [1.54, 1.807) is 0 Å². The molecule has 0 saturated carbocycles. The van der Waals surface area contributed by atoms with Gasteiger partial charge in [-0.3, -0.25) is 0 Å². The fourth-order valence-corrected chi connectivity index (χ4v) is 0.508. The Morgan fingerprint density at radius 3 is 2.15 bits per heavy atom. The number of rotatable bonds is 5. The van der Waals surface area contributed by atoms with Gasteiger partial charge in [0.05, 0.1) is 19.8 Å². The van der Waals surface area contributed by atoms with Crippen molar-refractivity contribution in [3.05, 3.63) is 0 Å². The average Bonchev–Trinajstić information content (AvgIpc) is 1.96. The van der Waals surface area contributed by atoms with Crippen molar-refractivity contribution in [3.63, 3.8) is 0 Å². The topological polar surface area (TPSA) is 44.5 Å². The first kappa shape index (κ1) is 12.7. The number of halogens is 3. The van der Waals surface area contributed by atoms with E-state index >= 15 is 0 Å². The highest BCUT2D eigenvalue weighted by atomic mass is 19.4. The summed E-state index contributed by atoms with van der Waals surface area (Å²) in [4.78, 5) is 0. The molecule has 1 atom stereocenters. The molecule has 0 bridgehead atoms. The van der Waals surface area contributed by atoms with Crippen LogP contribution >= 0.6 is 0 Å². The van der Waals surface area contributed by atoms with Gasteiger partial charge in [0, 0.05) is 7.11 Å². The molecule has 0 rings (SSSR count). The second kappa shape index (κ2) is 4.78. The Morgan fingerprint density at radius 2 is 1.77 bits per heavy atom.